The highest BCUT2D eigenvalue weighted by molar-refractivity contribution is 5.86. The van der Waals surface area contributed by atoms with Gasteiger partial charge in [-0.05, 0) is 38.3 Å². The maximum absolute atomic E-state index is 5.41. The minimum Gasteiger partial charge on any atom is -0.377 e. The van der Waals surface area contributed by atoms with Crippen molar-refractivity contribution in [1.29, 1.82) is 0 Å². The van der Waals surface area contributed by atoms with Crippen LogP contribution in [0, 0.1) is 6.92 Å². The number of para-hydroxylation sites is 1. The van der Waals surface area contributed by atoms with Crippen LogP contribution < -0.4 is 10.6 Å². The number of rotatable bonds is 6. The van der Waals surface area contributed by atoms with Crippen molar-refractivity contribution < 1.29 is 4.74 Å². The number of methoxy groups -OCH3 is 1. The summed E-state index contributed by atoms with van der Waals surface area (Å²) >= 11 is 0. The normalized spacial score (nSPS) is 12.7. The fourth-order valence-electron chi connectivity index (χ4n) is 2.48. The third-order valence-corrected chi connectivity index (χ3v) is 4.15. The standard InChI is InChI=1S/C18H28N4O/c1-13-7-6-8-15-14(11-21-16(13)15)9-10-20-17(19-4)22-12-18(2,3)23-5/h6-8,11,21H,9-10,12H2,1-5H3,(H2,19,20,22). The van der Waals surface area contributed by atoms with Crippen molar-refractivity contribution in [2.75, 3.05) is 27.2 Å². The van der Waals surface area contributed by atoms with Crippen molar-refractivity contribution in [1.82, 2.24) is 15.6 Å². The van der Waals surface area contributed by atoms with Crippen molar-refractivity contribution in [2.45, 2.75) is 32.8 Å². The van der Waals surface area contributed by atoms with E-state index >= 15 is 0 Å². The van der Waals surface area contributed by atoms with Crippen molar-refractivity contribution >= 4 is 16.9 Å². The van der Waals surface area contributed by atoms with E-state index in [0.29, 0.717) is 6.54 Å². The van der Waals surface area contributed by atoms with E-state index in [1.165, 1.54) is 22.0 Å². The molecule has 0 saturated carbocycles. The van der Waals surface area contributed by atoms with Crippen LogP contribution in [0.1, 0.15) is 25.0 Å². The average Bonchev–Trinajstić information content (AvgIpc) is 2.95. The predicted octanol–water partition coefficient (Wildman–Crippen LogP) is 2.61. The fraction of sp³-hybridized carbons (Fsp3) is 0.500. The minimum atomic E-state index is -0.216. The zero-order valence-electron chi connectivity index (χ0n) is 14.8. The molecule has 1 aromatic carbocycles. The van der Waals surface area contributed by atoms with Gasteiger partial charge in [0.05, 0.1) is 5.60 Å². The molecule has 1 heterocycles. The zero-order chi connectivity index (χ0) is 16.9. The first-order valence-corrected chi connectivity index (χ1v) is 8.02. The third kappa shape index (κ3) is 4.48. The van der Waals surface area contributed by atoms with Crippen LogP contribution in [0.4, 0.5) is 0 Å². The number of hydrogen-bond donors (Lipinski definition) is 3. The number of aryl methyl sites for hydroxylation is 1. The lowest BCUT2D eigenvalue weighted by atomic mass is 10.1. The predicted molar refractivity (Wildman–Crippen MR) is 97.2 cm³/mol. The Hall–Kier alpha value is -2.01. The van der Waals surface area contributed by atoms with E-state index in [9.17, 15) is 0 Å². The molecule has 5 nitrogen and oxygen atoms in total. The van der Waals surface area contributed by atoms with Gasteiger partial charge in [0.2, 0.25) is 0 Å². The number of guanidine groups is 1. The van der Waals surface area contributed by atoms with E-state index in [2.05, 4.69) is 51.9 Å². The number of H-pyrrole nitrogens is 1. The second-order valence-electron chi connectivity index (χ2n) is 6.38. The Bertz CT molecular complexity index is 673. The summed E-state index contributed by atoms with van der Waals surface area (Å²) in [4.78, 5) is 7.62. The van der Waals surface area contributed by atoms with Crippen LogP contribution in [0.25, 0.3) is 10.9 Å². The number of aromatic amines is 1. The Kier molecular flexibility index (Phi) is 5.66. The number of aromatic nitrogens is 1. The summed E-state index contributed by atoms with van der Waals surface area (Å²) in [6.45, 7) is 7.75. The van der Waals surface area contributed by atoms with E-state index in [1.807, 2.05) is 13.8 Å². The molecule has 0 aliphatic rings. The minimum absolute atomic E-state index is 0.216. The molecule has 0 atom stereocenters. The van der Waals surface area contributed by atoms with Gasteiger partial charge in [-0.3, -0.25) is 4.99 Å². The number of ether oxygens (including phenoxy) is 1. The molecule has 2 aromatic rings. The molecular formula is C18H28N4O. The molecule has 0 spiro atoms. The Balaban J connectivity index is 1.89. The number of benzene rings is 1. The Morgan fingerprint density at radius 3 is 2.78 bits per heavy atom. The van der Waals surface area contributed by atoms with Gasteiger partial charge in [-0.2, -0.15) is 0 Å². The molecule has 3 N–H and O–H groups in total. The molecule has 0 unspecified atom stereocenters. The van der Waals surface area contributed by atoms with Gasteiger partial charge in [0, 0.05) is 44.3 Å². The second-order valence-corrected chi connectivity index (χ2v) is 6.38. The molecule has 126 valence electrons. The Morgan fingerprint density at radius 2 is 2.09 bits per heavy atom. The van der Waals surface area contributed by atoms with Gasteiger partial charge in [0.15, 0.2) is 5.96 Å². The third-order valence-electron chi connectivity index (χ3n) is 4.15. The van der Waals surface area contributed by atoms with Crippen LogP contribution in [0.2, 0.25) is 0 Å². The van der Waals surface area contributed by atoms with Crippen molar-refractivity contribution in [3.8, 4) is 0 Å². The number of nitrogens with zero attached hydrogens (tertiary/aromatic N) is 1. The van der Waals surface area contributed by atoms with E-state index in [1.54, 1.807) is 14.2 Å². The van der Waals surface area contributed by atoms with E-state index in [0.717, 1.165) is 18.9 Å². The molecule has 23 heavy (non-hydrogen) atoms. The molecule has 2 rings (SSSR count). The quantitative estimate of drug-likeness (QED) is 0.567. The first-order valence-electron chi connectivity index (χ1n) is 8.02. The van der Waals surface area contributed by atoms with Gasteiger partial charge in [0.1, 0.15) is 0 Å². The lowest BCUT2D eigenvalue weighted by Crippen LogP contribution is -2.45. The van der Waals surface area contributed by atoms with Crippen LogP contribution in [0.5, 0.6) is 0 Å². The van der Waals surface area contributed by atoms with Crippen molar-refractivity contribution in [3.05, 3.63) is 35.5 Å². The molecule has 1 aromatic heterocycles. The highest BCUT2D eigenvalue weighted by atomic mass is 16.5. The lowest BCUT2D eigenvalue weighted by Gasteiger charge is -2.24. The topological polar surface area (TPSA) is 61.4 Å². The first-order chi connectivity index (χ1) is 11.0. The molecule has 0 aliphatic carbocycles. The van der Waals surface area contributed by atoms with E-state index in [-0.39, 0.29) is 5.60 Å². The van der Waals surface area contributed by atoms with Gasteiger partial charge in [-0.1, -0.05) is 18.2 Å². The smallest absolute Gasteiger partial charge is 0.191 e. The largest absolute Gasteiger partial charge is 0.377 e. The summed E-state index contributed by atoms with van der Waals surface area (Å²) in [7, 11) is 3.50. The Morgan fingerprint density at radius 1 is 1.30 bits per heavy atom. The first kappa shape index (κ1) is 17.3. The van der Waals surface area contributed by atoms with Gasteiger partial charge in [-0.25, -0.2) is 0 Å². The monoisotopic (exact) mass is 316 g/mol. The number of hydrogen-bond acceptors (Lipinski definition) is 2. The molecule has 5 heteroatoms. The van der Waals surface area contributed by atoms with E-state index in [4.69, 9.17) is 4.74 Å². The molecule has 0 amide bonds. The summed E-state index contributed by atoms with van der Waals surface area (Å²) < 4.78 is 5.41. The van der Waals surface area contributed by atoms with E-state index < -0.39 is 0 Å². The number of fused-ring (bicyclic) bond motifs is 1. The van der Waals surface area contributed by atoms with Gasteiger partial charge >= 0.3 is 0 Å². The summed E-state index contributed by atoms with van der Waals surface area (Å²) in [6.07, 6.45) is 3.04. The van der Waals surface area contributed by atoms with Crippen molar-refractivity contribution in [3.63, 3.8) is 0 Å². The SMILES string of the molecule is CN=C(NCCc1c[nH]c2c(C)cccc12)NCC(C)(C)OC. The average molecular weight is 316 g/mol. The molecule has 0 saturated heterocycles. The van der Waals surface area contributed by atoms with Crippen LogP contribution in [0.15, 0.2) is 29.4 Å². The molecule has 0 bridgehead atoms. The molecule has 0 radical (unpaired) electrons. The second kappa shape index (κ2) is 7.51. The summed E-state index contributed by atoms with van der Waals surface area (Å²) in [5.41, 5.74) is 3.61. The van der Waals surface area contributed by atoms with Crippen LogP contribution in [-0.4, -0.2) is 43.8 Å². The molecule has 0 aliphatic heterocycles. The van der Waals surface area contributed by atoms with Crippen LogP contribution in [-0.2, 0) is 11.2 Å². The Labute approximate surface area is 138 Å². The maximum Gasteiger partial charge on any atom is 0.191 e. The van der Waals surface area contributed by atoms with Crippen LogP contribution in [0.3, 0.4) is 0 Å². The zero-order valence-corrected chi connectivity index (χ0v) is 14.8. The maximum atomic E-state index is 5.41. The lowest BCUT2D eigenvalue weighted by molar-refractivity contribution is 0.0268. The molecular weight excluding hydrogens is 288 g/mol. The molecule has 0 fully saturated rings. The van der Waals surface area contributed by atoms with Crippen molar-refractivity contribution in [2.24, 2.45) is 4.99 Å². The van der Waals surface area contributed by atoms with Crippen LogP contribution >= 0.6 is 0 Å². The van der Waals surface area contributed by atoms with Gasteiger partial charge < -0.3 is 20.4 Å². The summed E-state index contributed by atoms with van der Waals surface area (Å²) in [5.74, 6) is 0.797. The summed E-state index contributed by atoms with van der Waals surface area (Å²) in [6, 6.07) is 6.41. The number of aliphatic imine (C=N–C) groups is 1. The highest BCUT2D eigenvalue weighted by Crippen LogP contribution is 2.21. The van der Waals surface area contributed by atoms with Gasteiger partial charge in [-0.15, -0.1) is 0 Å². The van der Waals surface area contributed by atoms with Gasteiger partial charge in [0.25, 0.3) is 0 Å². The fourth-order valence-corrected chi connectivity index (χ4v) is 2.48. The summed E-state index contributed by atoms with van der Waals surface area (Å²) in [5, 5.41) is 7.95. The number of nitrogens with one attached hydrogen (secondary N) is 3. The highest BCUT2D eigenvalue weighted by Gasteiger charge is 2.16.